The van der Waals surface area contributed by atoms with E-state index in [0.29, 0.717) is 16.3 Å². The number of rotatable bonds is 4. The van der Waals surface area contributed by atoms with Crippen molar-refractivity contribution < 1.29 is 4.92 Å². The summed E-state index contributed by atoms with van der Waals surface area (Å²) in [6.45, 7) is 1.97. The minimum absolute atomic E-state index is 0.0691. The van der Waals surface area contributed by atoms with Gasteiger partial charge in [0.1, 0.15) is 16.7 Å². The molecule has 3 aromatic rings. The largest absolute Gasteiger partial charge is 0.269 e. The van der Waals surface area contributed by atoms with Gasteiger partial charge in [-0.2, -0.15) is 10.4 Å². The maximum atomic E-state index is 10.7. The van der Waals surface area contributed by atoms with Crippen LogP contribution in [-0.2, 0) is 5.75 Å². The van der Waals surface area contributed by atoms with Gasteiger partial charge in [0.05, 0.1) is 10.4 Å². The maximum Gasteiger partial charge on any atom is 0.269 e. The number of pyridine rings is 1. The number of fused-ring (bicyclic) bond motifs is 1. The number of hydrogen-bond acceptors (Lipinski definition) is 5. The molecule has 3 rings (SSSR count). The van der Waals surface area contributed by atoms with Gasteiger partial charge in [0, 0.05) is 24.1 Å². The zero-order valence-electron chi connectivity index (χ0n) is 12.3. The molecule has 7 heteroatoms. The highest BCUT2D eigenvalue weighted by molar-refractivity contribution is 7.98. The lowest BCUT2D eigenvalue weighted by Crippen LogP contribution is -1.88. The average molecular weight is 324 g/mol. The molecule has 0 spiro atoms. The van der Waals surface area contributed by atoms with Crippen molar-refractivity contribution in [2.75, 3.05) is 0 Å². The Morgan fingerprint density at radius 2 is 2.09 bits per heavy atom. The van der Waals surface area contributed by atoms with Crippen molar-refractivity contribution in [3.8, 4) is 6.07 Å². The Labute approximate surface area is 136 Å². The molecule has 114 valence electrons. The number of nitriles is 1. The van der Waals surface area contributed by atoms with E-state index in [1.54, 1.807) is 16.6 Å². The van der Waals surface area contributed by atoms with Crippen molar-refractivity contribution in [2.24, 2.45) is 0 Å². The van der Waals surface area contributed by atoms with Crippen LogP contribution in [0.3, 0.4) is 0 Å². The number of nitro benzene ring substituents is 1. The summed E-state index contributed by atoms with van der Waals surface area (Å²) in [4.78, 5) is 10.2. The Morgan fingerprint density at radius 3 is 2.74 bits per heavy atom. The molecule has 0 aliphatic heterocycles. The van der Waals surface area contributed by atoms with Gasteiger partial charge in [0.2, 0.25) is 0 Å². The first-order valence-corrected chi connectivity index (χ1v) is 7.82. The standard InChI is InChI=1S/C16H12N4O2S/c1-11-6-7-19-15(8-11)14(9-17)16(18-19)23-10-12-2-4-13(5-3-12)20(21)22/h2-8H,10H2,1H3. The zero-order valence-corrected chi connectivity index (χ0v) is 13.1. The number of aromatic nitrogens is 2. The smallest absolute Gasteiger partial charge is 0.258 e. The predicted molar refractivity (Wildman–Crippen MR) is 87.3 cm³/mol. The third kappa shape index (κ3) is 3.03. The van der Waals surface area contributed by atoms with E-state index in [2.05, 4.69) is 11.2 Å². The predicted octanol–water partition coefficient (Wildman–Crippen LogP) is 3.71. The van der Waals surface area contributed by atoms with E-state index in [0.717, 1.165) is 16.6 Å². The van der Waals surface area contributed by atoms with Gasteiger partial charge in [-0.25, -0.2) is 4.52 Å². The fraction of sp³-hybridized carbons (Fsp3) is 0.125. The number of nitro groups is 1. The fourth-order valence-electron chi connectivity index (χ4n) is 2.20. The van der Waals surface area contributed by atoms with Crippen LogP contribution in [-0.4, -0.2) is 14.5 Å². The molecule has 0 fully saturated rings. The molecule has 0 bridgehead atoms. The van der Waals surface area contributed by atoms with Crippen molar-refractivity contribution in [2.45, 2.75) is 17.7 Å². The second-order valence-electron chi connectivity index (χ2n) is 5.04. The molecule has 6 nitrogen and oxygen atoms in total. The lowest BCUT2D eigenvalue weighted by molar-refractivity contribution is -0.384. The lowest BCUT2D eigenvalue weighted by atomic mass is 10.2. The number of non-ortho nitro benzene ring substituents is 1. The van der Waals surface area contributed by atoms with Crippen molar-refractivity contribution in [1.82, 2.24) is 9.61 Å². The molecule has 0 unspecified atom stereocenters. The molecule has 0 saturated carbocycles. The minimum atomic E-state index is -0.421. The topological polar surface area (TPSA) is 84.2 Å². The highest BCUT2D eigenvalue weighted by Crippen LogP contribution is 2.28. The number of thioether (sulfide) groups is 1. The van der Waals surface area contributed by atoms with Crippen LogP contribution >= 0.6 is 11.8 Å². The number of aryl methyl sites for hydroxylation is 1. The van der Waals surface area contributed by atoms with E-state index in [1.807, 2.05) is 25.3 Å². The van der Waals surface area contributed by atoms with E-state index < -0.39 is 4.92 Å². The second kappa shape index (κ2) is 6.10. The number of benzene rings is 1. The van der Waals surface area contributed by atoms with Crippen LogP contribution in [0.5, 0.6) is 0 Å². The minimum Gasteiger partial charge on any atom is -0.258 e. The average Bonchev–Trinajstić information content (AvgIpc) is 2.90. The van der Waals surface area contributed by atoms with Gasteiger partial charge < -0.3 is 0 Å². The van der Waals surface area contributed by atoms with E-state index in [-0.39, 0.29) is 5.69 Å². The monoisotopic (exact) mass is 324 g/mol. The van der Waals surface area contributed by atoms with Gasteiger partial charge in [0.25, 0.3) is 5.69 Å². The first kappa shape index (κ1) is 15.1. The SMILES string of the molecule is Cc1ccn2nc(SCc3ccc([N+](=O)[O-])cc3)c(C#N)c2c1. The van der Waals surface area contributed by atoms with Gasteiger partial charge in [0.15, 0.2) is 0 Å². The molecule has 0 aliphatic rings. The summed E-state index contributed by atoms with van der Waals surface area (Å²) >= 11 is 1.45. The summed E-state index contributed by atoms with van der Waals surface area (Å²) in [5.41, 5.74) is 3.43. The molecular formula is C16H12N4O2S. The van der Waals surface area contributed by atoms with Crippen LogP contribution in [0.25, 0.3) is 5.52 Å². The Hall–Kier alpha value is -2.85. The molecule has 2 aromatic heterocycles. The van der Waals surface area contributed by atoms with E-state index >= 15 is 0 Å². The summed E-state index contributed by atoms with van der Waals surface area (Å²) in [7, 11) is 0. The van der Waals surface area contributed by atoms with E-state index in [9.17, 15) is 15.4 Å². The van der Waals surface area contributed by atoms with Crippen LogP contribution in [0.15, 0.2) is 47.6 Å². The van der Waals surface area contributed by atoms with E-state index in [1.165, 1.54) is 23.9 Å². The lowest BCUT2D eigenvalue weighted by Gasteiger charge is -1.99. The van der Waals surface area contributed by atoms with Crippen LogP contribution in [0.2, 0.25) is 0 Å². The number of hydrogen-bond donors (Lipinski definition) is 0. The van der Waals surface area contributed by atoms with Gasteiger partial charge >= 0.3 is 0 Å². The Balaban J connectivity index is 1.84. The summed E-state index contributed by atoms with van der Waals surface area (Å²) < 4.78 is 1.70. The fourth-order valence-corrected chi connectivity index (χ4v) is 3.14. The quantitative estimate of drug-likeness (QED) is 0.415. The third-order valence-corrected chi connectivity index (χ3v) is 4.43. The first-order valence-electron chi connectivity index (χ1n) is 6.83. The molecule has 23 heavy (non-hydrogen) atoms. The summed E-state index contributed by atoms with van der Waals surface area (Å²) in [5.74, 6) is 0.593. The van der Waals surface area contributed by atoms with Gasteiger partial charge in [-0.1, -0.05) is 23.9 Å². The Morgan fingerprint density at radius 1 is 1.35 bits per heavy atom. The molecule has 0 aliphatic carbocycles. The molecule has 0 N–H and O–H groups in total. The van der Waals surface area contributed by atoms with Crippen LogP contribution in [0, 0.1) is 28.4 Å². The van der Waals surface area contributed by atoms with Crippen LogP contribution in [0.4, 0.5) is 5.69 Å². The Bertz CT molecular complexity index is 926. The van der Waals surface area contributed by atoms with Crippen molar-refractivity contribution >= 4 is 23.0 Å². The van der Waals surface area contributed by atoms with Gasteiger partial charge in [-0.05, 0) is 30.2 Å². The molecular weight excluding hydrogens is 312 g/mol. The van der Waals surface area contributed by atoms with Crippen molar-refractivity contribution in [1.29, 1.82) is 5.26 Å². The van der Waals surface area contributed by atoms with Crippen molar-refractivity contribution in [3.05, 3.63) is 69.4 Å². The van der Waals surface area contributed by atoms with Crippen LogP contribution < -0.4 is 0 Å². The van der Waals surface area contributed by atoms with E-state index in [4.69, 9.17) is 0 Å². The molecule has 2 heterocycles. The molecule has 0 saturated heterocycles. The highest BCUT2D eigenvalue weighted by atomic mass is 32.2. The molecule has 0 amide bonds. The summed E-state index contributed by atoms with van der Waals surface area (Å²) in [6, 6.07) is 12.5. The second-order valence-corrected chi connectivity index (χ2v) is 6.00. The van der Waals surface area contributed by atoms with Crippen LogP contribution in [0.1, 0.15) is 16.7 Å². The molecule has 0 radical (unpaired) electrons. The summed E-state index contributed by atoms with van der Waals surface area (Å²) in [5, 5.41) is 25.2. The molecule has 1 aromatic carbocycles. The normalized spacial score (nSPS) is 10.6. The summed E-state index contributed by atoms with van der Waals surface area (Å²) in [6.07, 6.45) is 1.83. The highest BCUT2D eigenvalue weighted by Gasteiger charge is 2.13. The maximum absolute atomic E-state index is 10.7. The van der Waals surface area contributed by atoms with Crippen molar-refractivity contribution in [3.63, 3.8) is 0 Å². The molecule has 0 atom stereocenters. The zero-order chi connectivity index (χ0) is 16.4. The van der Waals surface area contributed by atoms with Gasteiger partial charge in [-0.15, -0.1) is 0 Å². The third-order valence-electron chi connectivity index (χ3n) is 3.39. The Kier molecular flexibility index (Phi) is 4.00. The van der Waals surface area contributed by atoms with Gasteiger partial charge in [-0.3, -0.25) is 10.1 Å². The number of nitrogens with zero attached hydrogens (tertiary/aromatic N) is 4. The first-order chi connectivity index (χ1) is 11.1.